The van der Waals surface area contributed by atoms with Gasteiger partial charge in [-0.1, -0.05) is 18.2 Å². The summed E-state index contributed by atoms with van der Waals surface area (Å²) in [5, 5.41) is 8.92. The lowest BCUT2D eigenvalue weighted by Crippen LogP contribution is -2.54. The number of para-hydroxylation sites is 1. The fraction of sp³-hybridized carbons (Fsp3) is 0.375. The molecule has 2 saturated heterocycles. The highest BCUT2D eigenvalue weighted by Gasteiger charge is 2.41. The molecule has 3 aromatic rings. The van der Waals surface area contributed by atoms with Crippen LogP contribution >= 0.6 is 0 Å². The van der Waals surface area contributed by atoms with Gasteiger partial charge in [-0.2, -0.15) is 5.10 Å². The molecule has 2 aliphatic heterocycles. The van der Waals surface area contributed by atoms with E-state index < -0.39 is 0 Å². The second kappa shape index (κ2) is 8.31. The summed E-state index contributed by atoms with van der Waals surface area (Å²) in [6.07, 6.45) is 0.237. The minimum Gasteiger partial charge on any atom is -0.342 e. The van der Waals surface area contributed by atoms with E-state index in [2.05, 4.69) is 10.2 Å². The Balaban J connectivity index is 1.20. The SMILES string of the molecule is Cc1cc(C)n(-c2ccc(=O)n(CC3CN(C(=O)C4CC(=O)N(c5ccccc5)C4)C3)n2)n1. The van der Waals surface area contributed by atoms with Crippen LogP contribution in [0.25, 0.3) is 5.82 Å². The topological polar surface area (TPSA) is 93.3 Å². The number of carbonyl (C=O) groups excluding carboxylic acids is 2. The Kier molecular flexibility index (Phi) is 5.32. The number of nitrogens with zero attached hydrogens (tertiary/aromatic N) is 6. The molecule has 2 aliphatic rings. The molecule has 0 N–H and O–H groups in total. The fourth-order valence-corrected chi connectivity index (χ4v) is 4.64. The zero-order valence-electron chi connectivity index (χ0n) is 18.7. The highest BCUT2D eigenvalue weighted by Crippen LogP contribution is 2.28. The Morgan fingerprint density at radius 1 is 1.00 bits per heavy atom. The van der Waals surface area contributed by atoms with E-state index in [0.717, 1.165) is 17.1 Å². The van der Waals surface area contributed by atoms with Gasteiger partial charge in [0, 0.05) is 49.4 Å². The average Bonchev–Trinajstić information content (AvgIpc) is 3.33. The standard InChI is InChI=1S/C24H26N6O3/c1-16-10-17(2)30(25-16)21-8-9-22(31)29(26-21)14-18-12-27(13-18)24(33)19-11-23(32)28(15-19)20-6-4-3-5-7-20/h3-10,18-19H,11-15H2,1-2H3. The molecule has 33 heavy (non-hydrogen) atoms. The van der Waals surface area contributed by atoms with Crippen LogP contribution in [0.4, 0.5) is 5.69 Å². The maximum absolute atomic E-state index is 12.9. The molecule has 0 aliphatic carbocycles. The largest absolute Gasteiger partial charge is 0.342 e. The molecule has 9 nitrogen and oxygen atoms in total. The molecule has 1 unspecified atom stereocenters. The van der Waals surface area contributed by atoms with E-state index in [1.165, 1.54) is 10.7 Å². The van der Waals surface area contributed by atoms with E-state index in [4.69, 9.17) is 0 Å². The van der Waals surface area contributed by atoms with E-state index in [1.54, 1.807) is 20.5 Å². The summed E-state index contributed by atoms with van der Waals surface area (Å²) in [6.45, 7) is 5.83. The van der Waals surface area contributed by atoms with Gasteiger partial charge in [-0.3, -0.25) is 14.4 Å². The number of carbonyl (C=O) groups is 2. The number of anilines is 1. The van der Waals surface area contributed by atoms with Gasteiger partial charge in [-0.05, 0) is 38.1 Å². The normalized spacial score (nSPS) is 18.6. The number of aromatic nitrogens is 4. The summed E-state index contributed by atoms with van der Waals surface area (Å²) in [7, 11) is 0. The molecule has 0 bridgehead atoms. The van der Waals surface area contributed by atoms with Gasteiger partial charge in [0.15, 0.2) is 5.82 Å². The van der Waals surface area contributed by atoms with Crippen LogP contribution in [-0.2, 0) is 16.1 Å². The molecule has 4 heterocycles. The molecule has 1 atom stereocenters. The molecule has 2 fully saturated rings. The van der Waals surface area contributed by atoms with Crippen LogP contribution in [-0.4, -0.2) is 55.9 Å². The van der Waals surface area contributed by atoms with Gasteiger partial charge in [0.2, 0.25) is 11.8 Å². The fourth-order valence-electron chi connectivity index (χ4n) is 4.64. The third-order valence-electron chi connectivity index (χ3n) is 6.32. The van der Waals surface area contributed by atoms with Crippen LogP contribution in [0, 0.1) is 25.7 Å². The molecule has 2 aromatic heterocycles. The van der Waals surface area contributed by atoms with Crippen molar-refractivity contribution in [2.45, 2.75) is 26.8 Å². The highest BCUT2D eigenvalue weighted by molar-refractivity contribution is 6.00. The third kappa shape index (κ3) is 4.06. The van der Waals surface area contributed by atoms with Crippen molar-refractivity contribution >= 4 is 17.5 Å². The minimum absolute atomic E-state index is 0.00901. The van der Waals surface area contributed by atoms with Gasteiger partial charge >= 0.3 is 0 Å². The van der Waals surface area contributed by atoms with E-state index >= 15 is 0 Å². The van der Waals surface area contributed by atoms with Gasteiger partial charge in [-0.25, -0.2) is 9.36 Å². The van der Waals surface area contributed by atoms with Crippen molar-refractivity contribution in [1.82, 2.24) is 24.5 Å². The van der Waals surface area contributed by atoms with E-state index in [1.807, 2.05) is 50.2 Å². The van der Waals surface area contributed by atoms with Crippen molar-refractivity contribution in [2.75, 3.05) is 24.5 Å². The number of benzene rings is 1. The van der Waals surface area contributed by atoms with Crippen molar-refractivity contribution in [3.8, 4) is 5.82 Å². The molecule has 170 valence electrons. The van der Waals surface area contributed by atoms with Gasteiger partial charge in [-0.15, -0.1) is 5.10 Å². The maximum atomic E-state index is 12.9. The lowest BCUT2D eigenvalue weighted by atomic mass is 9.96. The molecular formula is C24H26N6O3. The Morgan fingerprint density at radius 3 is 2.45 bits per heavy atom. The summed E-state index contributed by atoms with van der Waals surface area (Å²) in [4.78, 5) is 41.2. The van der Waals surface area contributed by atoms with Gasteiger partial charge in [0.05, 0.1) is 18.2 Å². The summed E-state index contributed by atoms with van der Waals surface area (Å²) in [5.74, 6) is 0.409. The Bertz CT molecular complexity index is 1260. The Labute approximate surface area is 191 Å². The molecular weight excluding hydrogens is 420 g/mol. The number of aryl methyl sites for hydroxylation is 2. The molecule has 0 saturated carbocycles. The first-order chi connectivity index (χ1) is 15.9. The Hall–Kier alpha value is -3.75. The molecule has 1 aromatic carbocycles. The average molecular weight is 447 g/mol. The van der Waals surface area contributed by atoms with E-state index in [0.29, 0.717) is 32.0 Å². The molecule has 5 rings (SSSR count). The molecule has 0 radical (unpaired) electrons. The van der Waals surface area contributed by atoms with Gasteiger partial charge < -0.3 is 9.80 Å². The lowest BCUT2D eigenvalue weighted by Gasteiger charge is -2.40. The van der Waals surface area contributed by atoms with Crippen LogP contribution in [0.2, 0.25) is 0 Å². The first-order valence-electron chi connectivity index (χ1n) is 11.1. The van der Waals surface area contributed by atoms with E-state index in [-0.39, 0.29) is 35.6 Å². The zero-order chi connectivity index (χ0) is 23.1. The predicted molar refractivity (Wildman–Crippen MR) is 122 cm³/mol. The van der Waals surface area contributed by atoms with Crippen LogP contribution in [0.1, 0.15) is 17.8 Å². The zero-order valence-corrected chi connectivity index (χ0v) is 18.7. The first kappa shape index (κ1) is 21.1. The van der Waals surface area contributed by atoms with Crippen molar-refractivity contribution in [3.05, 3.63) is 70.3 Å². The van der Waals surface area contributed by atoms with Crippen molar-refractivity contribution in [2.24, 2.45) is 11.8 Å². The monoisotopic (exact) mass is 446 g/mol. The van der Waals surface area contributed by atoms with Crippen LogP contribution in [0.15, 0.2) is 53.3 Å². The quantitative estimate of drug-likeness (QED) is 0.593. The second-order valence-corrected chi connectivity index (χ2v) is 8.90. The van der Waals surface area contributed by atoms with Crippen LogP contribution in [0.3, 0.4) is 0 Å². The smallest absolute Gasteiger partial charge is 0.266 e. The number of rotatable bonds is 5. The maximum Gasteiger partial charge on any atom is 0.266 e. The summed E-state index contributed by atoms with van der Waals surface area (Å²) >= 11 is 0. The minimum atomic E-state index is -0.325. The summed E-state index contributed by atoms with van der Waals surface area (Å²) in [5.41, 5.74) is 2.48. The van der Waals surface area contributed by atoms with Crippen molar-refractivity contribution in [3.63, 3.8) is 0 Å². The molecule has 0 spiro atoms. The van der Waals surface area contributed by atoms with Gasteiger partial charge in [0.1, 0.15) is 0 Å². The number of amides is 2. The molecule has 2 amide bonds. The van der Waals surface area contributed by atoms with Crippen LogP contribution < -0.4 is 10.5 Å². The van der Waals surface area contributed by atoms with E-state index in [9.17, 15) is 14.4 Å². The Morgan fingerprint density at radius 2 is 1.76 bits per heavy atom. The van der Waals surface area contributed by atoms with Gasteiger partial charge in [0.25, 0.3) is 5.56 Å². The molecule has 9 heteroatoms. The lowest BCUT2D eigenvalue weighted by molar-refractivity contribution is -0.142. The number of hydrogen-bond donors (Lipinski definition) is 0. The predicted octanol–water partition coefficient (Wildman–Crippen LogP) is 1.56. The van der Waals surface area contributed by atoms with Crippen molar-refractivity contribution in [1.29, 1.82) is 0 Å². The van der Waals surface area contributed by atoms with Crippen molar-refractivity contribution < 1.29 is 9.59 Å². The summed E-state index contributed by atoms with van der Waals surface area (Å²) < 4.78 is 3.17. The number of hydrogen-bond acceptors (Lipinski definition) is 5. The second-order valence-electron chi connectivity index (χ2n) is 8.90. The number of likely N-dealkylation sites (tertiary alicyclic amines) is 1. The first-order valence-corrected chi connectivity index (χ1v) is 11.1. The third-order valence-corrected chi connectivity index (χ3v) is 6.32. The highest BCUT2D eigenvalue weighted by atomic mass is 16.2. The van der Waals surface area contributed by atoms with Crippen LogP contribution in [0.5, 0.6) is 0 Å². The summed E-state index contributed by atoms with van der Waals surface area (Å²) in [6, 6.07) is 14.6.